The monoisotopic (exact) mass is 271 g/mol. The molecular weight excluding hydrogens is 250 g/mol. The summed E-state index contributed by atoms with van der Waals surface area (Å²) in [7, 11) is -1.65. The fourth-order valence-electron chi connectivity index (χ4n) is 2.40. The lowest BCUT2D eigenvalue weighted by molar-refractivity contribution is -0.834. The van der Waals surface area contributed by atoms with E-state index >= 15 is 0 Å². The number of benzene rings is 1. The number of hydrogen-bond acceptors (Lipinski definition) is 3. The average Bonchev–Trinajstić information content (AvgIpc) is 2.40. The molecule has 1 aromatic carbocycles. The number of quaternary nitrogens is 1. The van der Waals surface area contributed by atoms with E-state index in [0.29, 0.717) is 17.7 Å². The topological polar surface area (TPSA) is 61.6 Å². The van der Waals surface area contributed by atoms with E-state index in [4.69, 9.17) is 13.0 Å². The van der Waals surface area contributed by atoms with E-state index in [1.807, 2.05) is 0 Å². The Morgan fingerprint density at radius 1 is 1.28 bits per heavy atom. The van der Waals surface area contributed by atoms with Crippen LogP contribution in [0.25, 0.3) is 0 Å². The van der Waals surface area contributed by atoms with Crippen molar-refractivity contribution >= 4 is 15.8 Å². The highest BCUT2D eigenvalue weighted by atomic mass is 32.2. The van der Waals surface area contributed by atoms with Crippen LogP contribution in [0.2, 0.25) is 0 Å². The molecule has 1 heterocycles. The van der Waals surface area contributed by atoms with E-state index in [1.165, 1.54) is 11.3 Å². The van der Waals surface area contributed by atoms with Gasteiger partial charge in [0, 0.05) is 17.2 Å². The molecule has 1 aliphatic heterocycles. The highest BCUT2D eigenvalue weighted by molar-refractivity contribution is 7.84. The summed E-state index contributed by atoms with van der Waals surface area (Å²) in [5.74, 6) is 0. The summed E-state index contributed by atoms with van der Waals surface area (Å²) in [6.45, 7) is 7.01. The third-order valence-electron chi connectivity index (χ3n) is 3.78. The van der Waals surface area contributed by atoms with Gasteiger partial charge in [-0.05, 0) is 26.8 Å². The number of hydrogen-bond donors (Lipinski definition) is 1. The van der Waals surface area contributed by atoms with Crippen LogP contribution in [0.5, 0.6) is 0 Å². The molecule has 4 nitrogen and oxygen atoms in total. The zero-order chi connectivity index (χ0) is 14.1. The van der Waals surface area contributed by atoms with Gasteiger partial charge in [0.15, 0.2) is 0 Å². The van der Waals surface area contributed by atoms with Gasteiger partial charge in [-0.25, -0.2) is 8.42 Å². The first kappa shape index (κ1) is 15.1. The second kappa shape index (κ2) is 4.99. The molecule has 0 amide bonds. The van der Waals surface area contributed by atoms with Gasteiger partial charge in [0.2, 0.25) is 0 Å². The number of para-hydroxylation sites is 1. The normalized spacial score (nSPS) is 25.0. The van der Waals surface area contributed by atoms with Crippen LogP contribution < -0.4 is 4.90 Å². The van der Waals surface area contributed by atoms with Crippen molar-refractivity contribution in [3.8, 4) is 0 Å². The molecule has 5 heteroatoms. The first-order valence-electron chi connectivity index (χ1n) is 5.89. The molecule has 0 aromatic heterocycles. The molecule has 1 aromatic rings. The summed E-state index contributed by atoms with van der Waals surface area (Å²) in [4.78, 5) is 1.54. The molecule has 0 aliphatic carbocycles. The minimum absolute atomic E-state index is 0.320. The van der Waals surface area contributed by atoms with Gasteiger partial charge in [-0.1, -0.05) is 18.2 Å². The fourth-order valence-corrected chi connectivity index (χ4v) is 2.40. The van der Waals surface area contributed by atoms with Gasteiger partial charge < -0.3 is 9.45 Å². The maximum atomic E-state index is 9.08. The van der Waals surface area contributed by atoms with Crippen molar-refractivity contribution < 1.29 is 17.9 Å². The third-order valence-corrected chi connectivity index (χ3v) is 3.78. The molecule has 18 heavy (non-hydrogen) atoms. The lowest BCUT2D eigenvalue weighted by Gasteiger charge is -2.23. The molecular formula is C13H21NO3S. The highest BCUT2D eigenvalue weighted by Crippen LogP contribution is 2.35. The van der Waals surface area contributed by atoms with Gasteiger partial charge in [-0.15, -0.1) is 0 Å². The quantitative estimate of drug-likeness (QED) is 0.706. The first-order chi connectivity index (χ1) is 8.05. The SMILES string of the molecule is CC1[NH+](C)c2ccccc2C1(C)C.CS(=O)(=O)[O-]. The fraction of sp³-hybridized carbons (Fsp3) is 0.538. The summed E-state index contributed by atoms with van der Waals surface area (Å²) >= 11 is 0. The standard InChI is InChI=1S/C12H17N.CH4O3S/c1-9-12(2,3)10-7-5-6-8-11(10)13(9)4;1-5(2,3)4/h5-9H,1-4H3;1H3,(H,2,3,4). The Morgan fingerprint density at radius 2 is 1.72 bits per heavy atom. The Balaban J connectivity index is 0.000000280. The van der Waals surface area contributed by atoms with Gasteiger partial charge >= 0.3 is 0 Å². The van der Waals surface area contributed by atoms with Crippen molar-refractivity contribution in [3.63, 3.8) is 0 Å². The number of nitrogens with one attached hydrogen (secondary N) is 1. The van der Waals surface area contributed by atoms with Gasteiger partial charge in [0.1, 0.15) is 5.69 Å². The summed E-state index contributed by atoms with van der Waals surface area (Å²) in [5.41, 5.74) is 3.31. The largest absolute Gasteiger partial charge is 0.748 e. The highest BCUT2D eigenvalue weighted by Gasteiger charge is 2.44. The van der Waals surface area contributed by atoms with Crippen LogP contribution in [-0.2, 0) is 15.5 Å². The number of rotatable bonds is 0. The van der Waals surface area contributed by atoms with Crippen LogP contribution in [0, 0.1) is 0 Å². The zero-order valence-corrected chi connectivity index (χ0v) is 12.3. The van der Waals surface area contributed by atoms with E-state index in [0.717, 1.165) is 0 Å². The molecule has 0 saturated carbocycles. The van der Waals surface area contributed by atoms with Crippen LogP contribution in [0.15, 0.2) is 24.3 Å². The summed E-state index contributed by atoms with van der Waals surface area (Å²) in [5, 5.41) is 0. The van der Waals surface area contributed by atoms with E-state index in [1.54, 1.807) is 4.90 Å². The predicted molar refractivity (Wildman–Crippen MR) is 71.1 cm³/mol. The minimum atomic E-state index is -3.92. The lowest BCUT2D eigenvalue weighted by atomic mass is 9.81. The second-order valence-electron chi connectivity index (χ2n) is 5.38. The molecule has 2 atom stereocenters. The molecule has 0 fully saturated rings. The van der Waals surface area contributed by atoms with Gasteiger partial charge in [0.05, 0.1) is 23.2 Å². The Labute approximate surface area is 109 Å². The molecule has 2 unspecified atom stereocenters. The van der Waals surface area contributed by atoms with Crippen molar-refractivity contribution in [1.29, 1.82) is 0 Å². The predicted octanol–water partition coefficient (Wildman–Crippen LogP) is 0.674. The lowest BCUT2D eigenvalue weighted by Crippen LogP contribution is -3.07. The van der Waals surface area contributed by atoms with E-state index in [2.05, 4.69) is 52.1 Å². The van der Waals surface area contributed by atoms with Crippen LogP contribution in [0.1, 0.15) is 26.3 Å². The van der Waals surface area contributed by atoms with Crippen LogP contribution in [-0.4, -0.2) is 32.3 Å². The first-order valence-corrected chi connectivity index (χ1v) is 7.71. The molecule has 0 saturated heterocycles. The Bertz CT molecular complexity index is 515. The summed E-state index contributed by atoms with van der Waals surface area (Å²) in [6, 6.07) is 9.46. The molecule has 1 N–H and O–H groups in total. The molecule has 0 bridgehead atoms. The average molecular weight is 271 g/mol. The maximum Gasteiger partial charge on any atom is 0.135 e. The van der Waals surface area contributed by atoms with Crippen molar-refractivity contribution in [2.24, 2.45) is 0 Å². The van der Waals surface area contributed by atoms with Crippen molar-refractivity contribution in [3.05, 3.63) is 29.8 Å². The molecule has 2 rings (SSSR count). The third kappa shape index (κ3) is 3.31. The van der Waals surface area contributed by atoms with Crippen LogP contribution in [0.3, 0.4) is 0 Å². The maximum absolute atomic E-state index is 9.08. The van der Waals surface area contributed by atoms with Gasteiger partial charge in [-0.3, -0.25) is 0 Å². The minimum Gasteiger partial charge on any atom is -0.748 e. The smallest absolute Gasteiger partial charge is 0.135 e. The number of likely N-dealkylation sites (N-methyl/N-ethyl adjacent to an activating group) is 1. The van der Waals surface area contributed by atoms with Crippen LogP contribution >= 0.6 is 0 Å². The zero-order valence-electron chi connectivity index (χ0n) is 11.5. The van der Waals surface area contributed by atoms with E-state index in [9.17, 15) is 0 Å². The summed E-state index contributed by atoms with van der Waals surface area (Å²) in [6.07, 6.45) is 0.604. The molecule has 0 radical (unpaired) electrons. The van der Waals surface area contributed by atoms with Crippen molar-refractivity contribution in [1.82, 2.24) is 0 Å². The molecule has 102 valence electrons. The Kier molecular flexibility index (Phi) is 4.20. The molecule has 0 spiro atoms. The summed E-state index contributed by atoms with van der Waals surface area (Å²) < 4.78 is 27.2. The Hall–Kier alpha value is -0.910. The van der Waals surface area contributed by atoms with E-state index < -0.39 is 10.1 Å². The van der Waals surface area contributed by atoms with Gasteiger partial charge in [-0.2, -0.15) is 0 Å². The van der Waals surface area contributed by atoms with Crippen molar-refractivity contribution in [2.75, 3.05) is 13.3 Å². The number of fused-ring (bicyclic) bond motifs is 1. The van der Waals surface area contributed by atoms with Crippen molar-refractivity contribution in [2.45, 2.75) is 32.2 Å². The van der Waals surface area contributed by atoms with Gasteiger partial charge in [0.25, 0.3) is 0 Å². The van der Waals surface area contributed by atoms with E-state index in [-0.39, 0.29) is 0 Å². The molecule has 1 aliphatic rings. The Morgan fingerprint density at radius 3 is 2.17 bits per heavy atom. The van der Waals surface area contributed by atoms with Crippen LogP contribution in [0.4, 0.5) is 5.69 Å². The second-order valence-corrected chi connectivity index (χ2v) is 6.78.